The number of hydrogen-bond donors (Lipinski definition) is 2. The van der Waals surface area contributed by atoms with Crippen molar-refractivity contribution in [3.05, 3.63) is 417 Å². The molecule has 0 bridgehead atoms. The number of rotatable bonds is 18. The number of hydrogen-bond acceptors (Lipinski definition) is 2. The summed E-state index contributed by atoms with van der Waals surface area (Å²) < 4.78 is 0. The van der Waals surface area contributed by atoms with Crippen molar-refractivity contribution in [1.29, 1.82) is 0 Å². The van der Waals surface area contributed by atoms with Crippen molar-refractivity contribution in [3.63, 3.8) is 0 Å². The third kappa shape index (κ3) is 16.5. The first-order chi connectivity index (χ1) is 46.6. The van der Waals surface area contributed by atoms with E-state index in [4.69, 9.17) is 9.98 Å². The van der Waals surface area contributed by atoms with Gasteiger partial charge in [0.25, 0.3) is 0 Å². The Balaban J connectivity index is 0.000000195. The minimum absolute atomic E-state index is 0.00788. The van der Waals surface area contributed by atoms with E-state index in [0.29, 0.717) is 0 Å². The fraction of sp³-hybridized carbons (Fsp3) is 0.196. The minimum Gasteiger partial charge on any atom is -0.343 e. The first-order valence-electron chi connectivity index (χ1n) is 34.1. The van der Waals surface area contributed by atoms with Gasteiger partial charge in [-0.25, -0.2) is 0 Å². The largest absolute Gasteiger partial charge is 0.343 e. The van der Waals surface area contributed by atoms with Crippen LogP contribution in [-0.4, -0.2) is 11.7 Å². The Kier molecular flexibility index (Phi) is 21.8. The SMILES string of the molecule is Cc1cc(C(c2ccccc2)c2ccccc2)c(NC(=N[C@@H](C)c2ccccc2)C(C)(C)C)c(C(c2ccccc2)c2ccccc2)c1.Cc1cc(C(c2ccccc2)c2ccccc2)c(NC(=N[C@@H](C)c2ccccc2)C(C)(C)C)c(C(c2ccccc2)c2ccccc2)c1. The molecule has 0 saturated carbocycles. The Morgan fingerprint density at radius 1 is 0.250 bits per heavy atom. The molecular weight excluding hydrogens is 1160 g/mol. The van der Waals surface area contributed by atoms with Crippen molar-refractivity contribution in [2.24, 2.45) is 20.8 Å². The molecule has 2 atom stereocenters. The van der Waals surface area contributed by atoms with Crippen LogP contribution in [0.1, 0.15) is 180 Å². The minimum atomic E-state index is -0.244. The van der Waals surface area contributed by atoms with Gasteiger partial charge in [-0.2, -0.15) is 0 Å². The lowest BCUT2D eigenvalue weighted by molar-refractivity contribution is 0.580. The number of nitrogens with one attached hydrogen (secondary N) is 2. The summed E-state index contributed by atoms with van der Waals surface area (Å²) in [5, 5.41) is 8.15. The van der Waals surface area contributed by atoms with Crippen molar-refractivity contribution in [2.75, 3.05) is 10.6 Å². The van der Waals surface area contributed by atoms with Crippen molar-refractivity contribution in [3.8, 4) is 0 Å². The maximum absolute atomic E-state index is 5.43. The molecule has 0 aromatic heterocycles. The lowest BCUT2D eigenvalue weighted by Gasteiger charge is -2.32. The van der Waals surface area contributed by atoms with E-state index in [1.54, 1.807) is 0 Å². The van der Waals surface area contributed by atoms with Crippen molar-refractivity contribution < 1.29 is 0 Å². The molecule has 0 aliphatic carbocycles. The molecule has 96 heavy (non-hydrogen) atoms. The highest BCUT2D eigenvalue weighted by Gasteiger charge is 2.33. The molecule has 2 N–H and O–H groups in total. The molecule has 0 aliphatic heterocycles. The lowest BCUT2D eigenvalue weighted by atomic mass is 9.78. The van der Waals surface area contributed by atoms with Gasteiger partial charge in [-0.3, -0.25) is 9.98 Å². The Bertz CT molecular complexity index is 3770. The van der Waals surface area contributed by atoms with Crippen LogP contribution >= 0.6 is 0 Å². The molecule has 12 rings (SSSR count). The van der Waals surface area contributed by atoms with Crippen LogP contribution in [0.3, 0.4) is 0 Å². The van der Waals surface area contributed by atoms with E-state index in [2.05, 4.69) is 407 Å². The summed E-state index contributed by atoms with van der Waals surface area (Å²) in [6, 6.07) is 118. The summed E-state index contributed by atoms with van der Waals surface area (Å²) in [6.45, 7) is 22.3. The summed E-state index contributed by atoms with van der Waals surface area (Å²) in [5.41, 5.74) is 21.6. The molecule has 0 saturated heterocycles. The van der Waals surface area contributed by atoms with Crippen LogP contribution in [0.25, 0.3) is 0 Å². The zero-order valence-electron chi connectivity index (χ0n) is 57.5. The van der Waals surface area contributed by atoms with Gasteiger partial charge in [-0.1, -0.05) is 380 Å². The van der Waals surface area contributed by atoms with E-state index in [1.807, 2.05) is 0 Å². The second-order valence-corrected chi connectivity index (χ2v) is 27.5. The van der Waals surface area contributed by atoms with Gasteiger partial charge in [0, 0.05) is 45.9 Å². The van der Waals surface area contributed by atoms with Crippen molar-refractivity contribution in [2.45, 2.75) is 105 Å². The molecule has 0 heterocycles. The van der Waals surface area contributed by atoms with E-state index < -0.39 is 0 Å². The first kappa shape index (κ1) is 67.0. The lowest BCUT2D eigenvalue weighted by Crippen LogP contribution is -2.30. The third-order valence-electron chi connectivity index (χ3n) is 18.1. The van der Waals surface area contributed by atoms with Gasteiger partial charge in [-0.15, -0.1) is 0 Å². The van der Waals surface area contributed by atoms with E-state index in [0.717, 1.165) is 23.0 Å². The van der Waals surface area contributed by atoms with Crippen LogP contribution < -0.4 is 10.6 Å². The summed E-state index contributed by atoms with van der Waals surface area (Å²) in [5.74, 6) is 1.96. The predicted octanol–water partition coefficient (Wildman–Crippen LogP) is 23.9. The van der Waals surface area contributed by atoms with Crippen molar-refractivity contribution in [1.82, 2.24) is 0 Å². The molecule has 0 amide bonds. The van der Waals surface area contributed by atoms with Gasteiger partial charge in [0.2, 0.25) is 0 Å². The Morgan fingerprint density at radius 3 is 0.562 bits per heavy atom. The van der Waals surface area contributed by atoms with Gasteiger partial charge in [0.15, 0.2) is 0 Å². The second-order valence-electron chi connectivity index (χ2n) is 27.5. The average Bonchev–Trinajstić information content (AvgIpc) is 0.767. The molecule has 12 aromatic rings. The van der Waals surface area contributed by atoms with E-state index >= 15 is 0 Å². The molecule has 480 valence electrons. The molecular formula is C92H92N4. The number of anilines is 2. The van der Waals surface area contributed by atoms with Gasteiger partial charge < -0.3 is 10.6 Å². The van der Waals surface area contributed by atoms with E-state index in [9.17, 15) is 0 Å². The maximum atomic E-state index is 5.43. The van der Waals surface area contributed by atoms with Gasteiger partial charge in [0.05, 0.1) is 12.1 Å². The molecule has 0 radical (unpaired) electrons. The van der Waals surface area contributed by atoms with Crippen LogP contribution in [0.4, 0.5) is 11.4 Å². The molecule has 4 heteroatoms. The average molecular weight is 1250 g/mol. The van der Waals surface area contributed by atoms with Gasteiger partial charge >= 0.3 is 0 Å². The topological polar surface area (TPSA) is 48.8 Å². The highest BCUT2D eigenvalue weighted by molar-refractivity contribution is 6.02. The molecule has 12 aromatic carbocycles. The fourth-order valence-corrected chi connectivity index (χ4v) is 13.3. The van der Waals surface area contributed by atoms with Gasteiger partial charge in [0.1, 0.15) is 11.7 Å². The highest BCUT2D eigenvalue weighted by Crippen LogP contribution is 2.47. The summed E-state index contributed by atoms with van der Waals surface area (Å²) in [7, 11) is 0. The zero-order chi connectivity index (χ0) is 67.0. The van der Waals surface area contributed by atoms with Gasteiger partial charge in [-0.05, 0) is 106 Å². The van der Waals surface area contributed by atoms with Crippen molar-refractivity contribution >= 4 is 23.0 Å². The van der Waals surface area contributed by atoms with E-state index in [-0.39, 0.29) is 46.6 Å². The van der Waals surface area contributed by atoms with E-state index in [1.165, 1.54) is 89.0 Å². The summed E-state index contributed by atoms with van der Waals surface area (Å²) in [4.78, 5) is 10.9. The number of benzene rings is 12. The standard InChI is InChI=1S/2C46H46N2/c2*1-33-31-40(42(36-23-13-7-14-24-36)37-25-15-8-16-26-37)44(48-45(46(3,4)5)47-34(2)35-21-11-6-12-22-35)41(32-33)43(38-27-17-9-18-28-38)39-29-19-10-20-30-39/h2*6-32,34,42-43H,1-5H3,(H,47,48)/t2*34-/m00/s1. The first-order valence-corrected chi connectivity index (χ1v) is 34.1. The monoisotopic (exact) mass is 1250 g/mol. The quantitative estimate of drug-likeness (QED) is 0.0511. The molecule has 0 spiro atoms. The normalized spacial score (nSPS) is 12.7. The number of aliphatic imine (C=N–C) groups is 2. The van der Waals surface area contributed by atoms with Crippen LogP contribution in [0.5, 0.6) is 0 Å². The maximum Gasteiger partial charge on any atom is 0.107 e. The predicted molar refractivity (Wildman–Crippen MR) is 408 cm³/mol. The third-order valence-corrected chi connectivity index (χ3v) is 18.1. The van der Waals surface area contributed by atoms with Crippen LogP contribution in [-0.2, 0) is 0 Å². The Hall–Kier alpha value is -10.4. The highest BCUT2D eigenvalue weighted by atomic mass is 15.0. The molecule has 4 nitrogen and oxygen atoms in total. The van der Waals surface area contributed by atoms with Crippen LogP contribution in [0.15, 0.2) is 338 Å². The molecule has 0 aliphatic rings. The summed E-state index contributed by atoms with van der Waals surface area (Å²) >= 11 is 0. The van der Waals surface area contributed by atoms with Crippen LogP contribution in [0, 0.1) is 24.7 Å². The Labute approximate surface area is 572 Å². The number of amidine groups is 2. The molecule has 0 unspecified atom stereocenters. The number of aryl methyl sites for hydroxylation is 2. The fourth-order valence-electron chi connectivity index (χ4n) is 13.3. The Morgan fingerprint density at radius 2 is 0.406 bits per heavy atom. The second kappa shape index (κ2) is 31.2. The summed E-state index contributed by atoms with van der Waals surface area (Å²) in [6.07, 6.45) is 0. The molecule has 0 fully saturated rings. The smallest absolute Gasteiger partial charge is 0.107 e. The number of nitrogens with zero attached hydrogens (tertiary/aromatic N) is 2. The zero-order valence-corrected chi connectivity index (χ0v) is 57.5. The van der Waals surface area contributed by atoms with Crippen LogP contribution in [0.2, 0.25) is 0 Å².